The minimum Gasteiger partial charge on any atom is -0.318 e. The van der Waals surface area contributed by atoms with Gasteiger partial charge in [-0.25, -0.2) is 4.39 Å². The molecule has 0 spiro atoms. The molecule has 2 nitrogen and oxygen atoms in total. The average Bonchev–Trinajstić information content (AvgIpc) is 2.29. The topological polar surface area (TPSA) is 15.3 Å². The highest BCUT2D eigenvalue weighted by atomic mass is 19.1. The van der Waals surface area contributed by atoms with Crippen molar-refractivity contribution >= 4 is 0 Å². The van der Waals surface area contributed by atoms with E-state index in [0.717, 1.165) is 32.6 Å². The lowest BCUT2D eigenvalue weighted by Crippen LogP contribution is -2.31. The van der Waals surface area contributed by atoms with E-state index in [0.29, 0.717) is 0 Å². The SMILES string of the molecule is CCCN(CCNC)Cc1ccc(F)cc1. The molecule has 1 rings (SSSR count). The van der Waals surface area contributed by atoms with E-state index in [1.54, 1.807) is 0 Å². The Labute approximate surface area is 97.5 Å². The van der Waals surface area contributed by atoms with E-state index >= 15 is 0 Å². The highest BCUT2D eigenvalue weighted by molar-refractivity contribution is 5.15. The molecule has 0 aliphatic heterocycles. The van der Waals surface area contributed by atoms with Crippen molar-refractivity contribution in [3.63, 3.8) is 0 Å². The number of nitrogens with zero attached hydrogens (tertiary/aromatic N) is 1. The second-order valence-electron chi connectivity index (χ2n) is 4.01. The third kappa shape index (κ3) is 4.73. The summed E-state index contributed by atoms with van der Waals surface area (Å²) in [7, 11) is 1.96. The fourth-order valence-corrected chi connectivity index (χ4v) is 1.70. The van der Waals surface area contributed by atoms with Crippen molar-refractivity contribution in [3.05, 3.63) is 35.6 Å². The molecule has 0 heterocycles. The molecular weight excluding hydrogens is 203 g/mol. The summed E-state index contributed by atoms with van der Waals surface area (Å²) in [5.41, 5.74) is 1.17. The summed E-state index contributed by atoms with van der Waals surface area (Å²) >= 11 is 0. The van der Waals surface area contributed by atoms with Gasteiger partial charge in [-0.1, -0.05) is 19.1 Å². The number of likely N-dealkylation sites (N-methyl/N-ethyl adjacent to an activating group) is 1. The maximum Gasteiger partial charge on any atom is 0.123 e. The molecule has 0 amide bonds. The van der Waals surface area contributed by atoms with Gasteiger partial charge >= 0.3 is 0 Å². The van der Waals surface area contributed by atoms with E-state index in [-0.39, 0.29) is 5.82 Å². The molecule has 0 aliphatic rings. The van der Waals surface area contributed by atoms with Crippen LogP contribution in [0.2, 0.25) is 0 Å². The number of halogens is 1. The molecule has 0 bridgehead atoms. The molecule has 1 N–H and O–H groups in total. The second kappa shape index (κ2) is 7.36. The van der Waals surface area contributed by atoms with Crippen molar-refractivity contribution in [2.75, 3.05) is 26.7 Å². The number of hydrogen-bond donors (Lipinski definition) is 1. The highest BCUT2D eigenvalue weighted by Crippen LogP contribution is 2.06. The third-order valence-electron chi connectivity index (χ3n) is 2.54. The van der Waals surface area contributed by atoms with Gasteiger partial charge in [0.25, 0.3) is 0 Å². The van der Waals surface area contributed by atoms with Crippen LogP contribution in [-0.2, 0) is 6.54 Å². The van der Waals surface area contributed by atoms with Crippen LogP contribution in [0.3, 0.4) is 0 Å². The van der Waals surface area contributed by atoms with Crippen molar-refractivity contribution in [2.24, 2.45) is 0 Å². The molecule has 0 fully saturated rings. The van der Waals surface area contributed by atoms with Crippen LogP contribution in [0.15, 0.2) is 24.3 Å². The Morgan fingerprint density at radius 1 is 1.19 bits per heavy atom. The van der Waals surface area contributed by atoms with Gasteiger partial charge in [-0.05, 0) is 37.7 Å². The van der Waals surface area contributed by atoms with Crippen LogP contribution in [0.25, 0.3) is 0 Å². The molecule has 0 atom stereocenters. The first-order valence-electron chi connectivity index (χ1n) is 5.87. The molecule has 0 radical (unpaired) electrons. The highest BCUT2D eigenvalue weighted by Gasteiger charge is 2.04. The van der Waals surface area contributed by atoms with Crippen LogP contribution in [0.4, 0.5) is 4.39 Å². The smallest absolute Gasteiger partial charge is 0.123 e. The van der Waals surface area contributed by atoms with Gasteiger partial charge in [0.2, 0.25) is 0 Å². The summed E-state index contributed by atoms with van der Waals surface area (Å²) in [5, 5.41) is 3.15. The first-order valence-corrected chi connectivity index (χ1v) is 5.87. The molecule has 3 heteroatoms. The largest absolute Gasteiger partial charge is 0.318 e. The number of hydrogen-bond acceptors (Lipinski definition) is 2. The monoisotopic (exact) mass is 224 g/mol. The van der Waals surface area contributed by atoms with E-state index in [1.165, 1.54) is 17.7 Å². The Bertz CT molecular complexity index is 284. The maximum absolute atomic E-state index is 12.8. The van der Waals surface area contributed by atoms with E-state index < -0.39 is 0 Å². The number of rotatable bonds is 7. The molecule has 0 aliphatic carbocycles. The quantitative estimate of drug-likeness (QED) is 0.764. The van der Waals surface area contributed by atoms with Crippen LogP contribution < -0.4 is 5.32 Å². The molecule has 0 saturated heterocycles. The molecule has 16 heavy (non-hydrogen) atoms. The summed E-state index contributed by atoms with van der Waals surface area (Å²) in [6, 6.07) is 6.77. The average molecular weight is 224 g/mol. The third-order valence-corrected chi connectivity index (χ3v) is 2.54. The maximum atomic E-state index is 12.8. The second-order valence-corrected chi connectivity index (χ2v) is 4.01. The van der Waals surface area contributed by atoms with Crippen molar-refractivity contribution in [1.82, 2.24) is 10.2 Å². The summed E-state index contributed by atoms with van der Waals surface area (Å²) in [4.78, 5) is 2.38. The Balaban J connectivity index is 2.49. The zero-order valence-electron chi connectivity index (χ0n) is 10.2. The van der Waals surface area contributed by atoms with Crippen molar-refractivity contribution in [2.45, 2.75) is 19.9 Å². The van der Waals surface area contributed by atoms with E-state index in [1.807, 2.05) is 19.2 Å². The minimum absolute atomic E-state index is 0.166. The fourth-order valence-electron chi connectivity index (χ4n) is 1.70. The van der Waals surface area contributed by atoms with Crippen molar-refractivity contribution in [3.8, 4) is 0 Å². The van der Waals surface area contributed by atoms with E-state index in [2.05, 4.69) is 17.1 Å². The normalized spacial score (nSPS) is 11.0. The van der Waals surface area contributed by atoms with Gasteiger partial charge in [-0.3, -0.25) is 4.90 Å². The lowest BCUT2D eigenvalue weighted by molar-refractivity contribution is 0.268. The molecule has 0 saturated carbocycles. The number of nitrogens with one attached hydrogen (secondary N) is 1. The van der Waals surface area contributed by atoms with Gasteiger partial charge < -0.3 is 5.32 Å². The van der Waals surface area contributed by atoms with Gasteiger partial charge in [0.05, 0.1) is 0 Å². The van der Waals surface area contributed by atoms with Crippen molar-refractivity contribution < 1.29 is 4.39 Å². The summed E-state index contributed by atoms with van der Waals surface area (Å²) < 4.78 is 12.8. The minimum atomic E-state index is -0.166. The van der Waals surface area contributed by atoms with Gasteiger partial charge in [0.1, 0.15) is 5.82 Å². The first-order chi connectivity index (χ1) is 7.76. The molecular formula is C13H21FN2. The van der Waals surface area contributed by atoms with Gasteiger partial charge in [-0.2, -0.15) is 0 Å². The molecule has 1 aromatic rings. The zero-order valence-corrected chi connectivity index (χ0v) is 10.2. The first kappa shape index (κ1) is 13.1. The standard InChI is InChI=1S/C13H21FN2/c1-3-9-16(10-8-15-2)11-12-4-6-13(14)7-5-12/h4-7,15H,3,8-11H2,1-2H3. The summed E-state index contributed by atoms with van der Waals surface area (Å²) in [6.45, 7) is 6.18. The summed E-state index contributed by atoms with van der Waals surface area (Å²) in [5.74, 6) is -0.166. The predicted molar refractivity (Wildman–Crippen MR) is 65.9 cm³/mol. The van der Waals surface area contributed by atoms with Crippen LogP contribution in [0.1, 0.15) is 18.9 Å². The van der Waals surface area contributed by atoms with Crippen LogP contribution in [0, 0.1) is 5.82 Å². The predicted octanol–water partition coefficient (Wildman–Crippen LogP) is 2.26. The van der Waals surface area contributed by atoms with Crippen molar-refractivity contribution in [1.29, 1.82) is 0 Å². The number of benzene rings is 1. The Hall–Kier alpha value is -0.930. The lowest BCUT2D eigenvalue weighted by Gasteiger charge is -2.21. The lowest BCUT2D eigenvalue weighted by atomic mass is 10.2. The van der Waals surface area contributed by atoms with E-state index in [9.17, 15) is 4.39 Å². The fraction of sp³-hybridized carbons (Fsp3) is 0.538. The van der Waals surface area contributed by atoms with Gasteiger partial charge in [0.15, 0.2) is 0 Å². The molecule has 90 valence electrons. The van der Waals surface area contributed by atoms with Gasteiger partial charge in [0, 0.05) is 19.6 Å². The molecule has 0 aromatic heterocycles. The summed E-state index contributed by atoms with van der Waals surface area (Å²) in [6.07, 6.45) is 1.14. The van der Waals surface area contributed by atoms with E-state index in [4.69, 9.17) is 0 Å². The van der Waals surface area contributed by atoms with Gasteiger partial charge in [-0.15, -0.1) is 0 Å². The Morgan fingerprint density at radius 3 is 2.44 bits per heavy atom. The molecule has 1 aromatic carbocycles. The van der Waals surface area contributed by atoms with Crippen LogP contribution >= 0.6 is 0 Å². The molecule has 0 unspecified atom stereocenters. The van der Waals surface area contributed by atoms with Crippen LogP contribution in [0.5, 0.6) is 0 Å². The van der Waals surface area contributed by atoms with Crippen LogP contribution in [-0.4, -0.2) is 31.6 Å². The zero-order chi connectivity index (χ0) is 11.8. The Kier molecular flexibility index (Phi) is 6.04. The Morgan fingerprint density at radius 2 is 1.88 bits per heavy atom.